The van der Waals surface area contributed by atoms with Crippen LogP contribution in [-0.2, 0) is 29.6 Å². The van der Waals surface area contributed by atoms with E-state index >= 15 is 0 Å². The first kappa shape index (κ1) is 27.2. The molecule has 3 N–H and O–H groups in total. The Labute approximate surface area is 210 Å². The van der Waals surface area contributed by atoms with Gasteiger partial charge in [-0.15, -0.1) is 12.4 Å². The van der Waals surface area contributed by atoms with Crippen molar-refractivity contribution in [1.82, 2.24) is 5.32 Å². The quantitative estimate of drug-likeness (QED) is 0.360. The number of hydrogen-bond donors (Lipinski definition) is 2. The summed E-state index contributed by atoms with van der Waals surface area (Å²) < 4.78 is 34.0. The maximum atomic E-state index is 11.3. The minimum atomic E-state index is -3.67. The highest BCUT2D eigenvalue weighted by Crippen LogP contribution is 2.31. The minimum absolute atomic E-state index is 0. The van der Waals surface area contributed by atoms with E-state index in [1.165, 1.54) is 12.1 Å². The number of hydrogen-bond acceptors (Lipinski definition) is 5. The van der Waals surface area contributed by atoms with Gasteiger partial charge in [-0.25, -0.2) is 13.6 Å². The SMILES string of the molecule is COc1cc(CNCCc2ccc(S(N)(=O)=O)cc2)ccc1OCc1c(Cl)cccc1Cl.Cl. The van der Waals surface area contributed by atoms with E-state index in [0.29, 0.717) is 28.1 Å². The van der Waals surface area contributed by atoms with Crippen LogP contribution >= 0.6 is 35.6 Å². The molecule has 3 aromatic rings. The highest BCUT2D eigenvalue weighted by molar-refractivity contribution is 7.89. The molecule has 33 heavy (non-hydrogen) atoms. The number of halogens is 3. The number of nitrogens with one attached hydrogen (secondary N) is 1. The Bertz CT molecular complexity index is 1150. The average Bonchev–Trinajstić information content (AvgIpc) is 2.76. The van der Waals surface area contributed by atoms with Crippen LogP contribution in [0.2, 0.25) is 10.0 Å². The fraction of sp³-hybridized carbons (Fsp3) is 0.217. The molecule has 3 aromatic carbocycles. The molecule has 0 aromatic heterocycles. The second-order valence-electron chi connectivity index (χ2n) is 7.09. The van der Waals surface area contributed by atoms with Gasteiger partial charge in [0.05, 0.1) is 12.0 Å². The predicted molar refractivity (Wildman–Crippen MR) is 134 cm³/mol. The van der Waals surface area contributed by atoms with Gasteiger partial charge in [-0.1, -0.05) is 47.5 Å². The predicted octanol–water partition coefficient (Wildman–Crippen LogP) is 4.98. The lowest BCUT2D eigenvalue weighted by Crippen LogP contribution is -2.17. The monoisotopic (exact) mass is 530 g/mol. The zero-order valence-electron chi connectivity index (χ0n) is 17.9. The Morgan fingerprint density at radius 3 is 2.18 bits per heavy atom. The zero-order valence-corrected chi connectivity index (χ0v) is 21.0. The molecule has 0 spiro atoms. The van der Waals surface area contributed by atoms with E-state index in [1.54, 1.807) is 37.4 Å². The first-order chi connectivity index (χ1) is 15.3. The number of nitrogens with two attached hydrogens (primary N) is 1. The Morgan fingerprint density at radius 1 is 0.939 bits per heavy atom. The Hall–Kier alpha value is -2.00. The van der Waals surface area contributed by atoms with Gasteiger partial charge in [-0.2, -0.15) is 0 Å². The van der Waals surface area contributed by atoms with Gasteiger partial charge in [0.1, 0.15) is 6.61 Å². The number of rotatable bonds is 10. The number of ether oxygens (including phenoxy) is 2. The van der Waals surface area contributed by atoms with Crippen molar-refractivity contribution in [2.24, 2.45) is 5.14 Å². The van der Waals surface area contributed by atoms with Crippen LogP contribution < -0.4 is 19.9 Å². The summed E-state index contributed by atoms with van der Waals surface area (Å²) >= 11 is 12.4. The summed E-state index contributed by atoms with van der Waals surface area (Å²) in [6.07, 6.45) is 0.752. The molecule has 0 saturated carbocycles. The molecule has 0 saturated heterocycles. The Morgan fingerprint density at radius 2 is 1.58 bits per heavy atom. The molecular formula is C23H25Cl3N2O4S. The number of benzene rings is 3. The van der Waals surface area contributed by atoms with Crippen molar-refractivity contribution in [3.05, 3.63) is 87.4 Å². The molecule has 0 radical (unpaired) electrons. The molecule has 0 amide bonds. The maximum absolute atomic E-state index is 11.3. The van der Waals surface area contributed by atoms with E-state index in [2.05, 4.69) is 5.32 Å². The molecule has 6 nitrogen and oxygen atoms in total. The summed E-state index contributed by atoms with van der Waals surface area (Å²) in [4.78, 5) is 0.111. The molecule has 10 heteroatoms. The normalized spacial score (nSPS) is 11.0. The third-order valence-corrected chi connectivity index (χ3v) is 6.47. The molecule has 0 aliphatic rings. The summed E-state index contributed by atoms with van der Waals surface area (Å²) in [6, 6.07) is 17.6. The van der Waals surface area contributed by atoms with E-state index in [9.17, 15) is 8.42 Å². The van der Waals surface area contributed by atoms with Crippen molar-refractivity contribution < 1.29 is 17.9 Å². The summed E-state index contributed by atoms with van der Waals surface area (Å²) in [6.45, 7) is 1.60. The van der Waals surface area contributed by atoms with Crippen LogP contribution in [0.4, 0.5) is 0 Å². The smallest absolute Gasteiger partial charge is 0.238 e. The summed E-state index contributed by atoms with van der Waals surface area (Å²) in [5.41, 5.74) is 2.78. The molecule has 0 unspecified atom stereocenters. The standard InChI is InChI=1S/C23H24Cl2N2O4S.ClH/c1-30-23-13-17(7-10-22(23)31-15-19-20(24)3-2-4-21(19)25)14-27-12-11-16-5-8-18(9-6-16)32(26,28)29;/h2-10,13,27H,11-12,14-15H2,1H3,(H2,26,28,29);1H. The second-order valence-corrected chi connectivity index (χ2v) is 9.47. The highest BCUT2D eigenvalue weighted by atomic mass is 35.5. The molecule has 3 rings (SSSR count). The van der Waals surface area contributed by atoms with E-state index < -0.39 is 10.0 Å². The Kier molecular flexibility index (Phi) is 10.3. The second kappa shape index (κ2) is 12.5. The molecule has 0 aliphatic carbocycles. The molecule has 0 fully saturated rings. The van der Waals surface area contributed by atoms with Gasteiger partial charge in [0.15, 0.2) is 11.5 Å². The number of methoxy groups -OCH3 is 1. The van der Waals surface area contributed by atoms with Crippen LogP contribution in [0, 0.1) is 0 Å². The first-order valence-corrected chi connectivity index (χ1v) is 12.1. The fourth-order valence-electron chi connectivity index (χ4n) is 3.07. The van der Waals surface area contributed by atoms with Crippen LogP contribution in [0.1, 0.15) is 16.7 Å². The third-order valence-electron chi connectivity index (χ3n) is 4.83. The van der Waals surface area contributed by atoms with Gasteiger partial charge < -0.3 is 14.8 Å². The van der Waals surface area contributed by atoms with Gasteiger partial charge in [0.25, 0.3) is 0 Å². The van der Waals surface area contributed by atoms with Crippen LogP contribution in [-0.4, -0.2) is 22.1 Å². The summed E-state index contributed by atoms with van der Waals surface area (Å²) in [5.74, 6) is 1.22. The average molecular weight is 532 g/mol. The zero-order chi connectivity index (χ0) is 23.1. The fourth-order valence-corrected chi connectivity index (χ4v) is 4.09. The van der Waals surface area contributed by atoms with Crippen LogP contribution in [0.25, 0.3) is 0 Å². The summed E-state index contributed by atoms with van der Waals surface area (Å²) in [5, 5.41) is 9.59. The van der Waals surface area contributed by atoms with Crippen LogP contribution in [0.15, 0.2) is 65.6 Å². The van der Waals surface area contributed by atoms with Crippen LogP contribution in [0.3, 0.4) is 0 Å². The minimum Gasteiger partial charge on any atom is -0.493 e. The number of primary sulfonamides is 1. The highest BCUT2D eigenvalue weighted by Gasteiger charge is 2.10. The molecule has 0 bridgehead atoms. The summed E-state index contributed by atoms with van der Waals surface area (Å²) in [7, 11) is -2.08. The van der Waals surface area contributed by atoms with Gasteiger partial charge in [-0.3, -0.25) is 0 Å². The lowest BCUT2D eigenvalue weighted by Gasteiger charge is -2.14. The maximum Gasteiger partial charge on any atom is 0.238 e. The van der Waals surface area contributed by atoms with Crippen LogP contribution in [0.5, 0.6) is 11.5 Å². The molecule has 0 aliphatic heterocycles. The van der Waals surface area contributed by atoms with Crippen molar-refractivity contribution in [3.63, 3.8) is 0 Å². The Balaban J connectivity index is 0.00000385. The van der Waals surface area contributed by atoms with Crippen molar-refractivity contribution in [2.75, 3.05) is 13.7 Å². The van der Waals surface area contributed by atoms with Crippen molar-refractivity contribution in [2.45, 2.75) is 24.5 Å². The van der Waals surface area contributed by atoms with E-state index in [1.807, 2.05) is 18.2 Å². The van der Waals surface area contributed by atoms with Crippen molar-refractivity contribution in [3.8, 4) is 11.5 Å². The van der Waals surface area contributed by atoms with Gasteiger partial charge >= 0.3 is 0 Å². The van der Waals surface area contributed by atoms with E-state index in [4.69, 9.17) is 37.8 Å². The third kappa shape index (κ3) is 7.78. The molecule has 0 atom stereocenters. The first-order valence-electron chi connectivity index (χ1n) is 9.83. The molecule has 0 heterocycles. The van der Waals surface area contributed by atoms with Gasteiger partial charge in [0, 0.05) is 22.2 Å². The van der Waals surface area contributed by atoms with Gasteiger partial charge in [0.2, 0.25) is 10.0 Å². The molecular weight excluding hydrogens is 507 g/mol. The van der Waals surface area contributed by atoms with Crippen molar-refractivity contribution >= 4 is 45.6 Å². The lowest BCUT2D eigenvalue weighted by molar-refractivity contribution is 0.284. The topological polar surface area (TPSA) is 90.6 Å². The van der Waals surface area contributed by atoms with Crippen molar-refractivity contribution in [1.29, 1.82) is 0 Å². The van der Waals surface area contributed by atoms with E-state index in [0.717, 1.165) is 29.7 Å². The van der Waals surface area contributed by atoms with E-state index in [-0.39, 0.29) is 23.9 Å². The van der Waals surface area contributed by atoms with Gasteiger partial charge in [-0.05, 0) is 60.5 Å². The number of sulfonamides is 1. The molecule has 178 valence electrons. The largest absolute Gasteiger partial charge is 0.493 e. The lowest BCUT2D eigenvalue weighted by atomic mass is 10.1.